The van der Waals surface area contributed by atoms with Crippen molar-refractivity contribution in [2.45, 2.75) is 38.6 Å². The highest BCUT2D eigenvalue weighted by molar-refractivity contribution is 6.12. The number of aromatic nitrogens is 6. The van der Waals surface area contributed by atoms with Gasteiger partial charge in [-0.15, -0.1) is 0 Å². The molecule has 1 atom stereocenters. The van der Waals surface area contributed by atoms with E-state index in [4.69, 9.17) is 4.98 Å². The normalized spacial score (nSPS) is 14.3. The average Bonchev–Trinajstić information content (AvgIpc) is 3.43. The zero-order valence-electron chi connectivity index (χ0n) is 18.6. The molecule has 0 radical (unpaired) electrons. The van der Waals surface area contributed by atoms with Crippen LogP contribution in [-0.4, -0.2) is 41.3 Å². The van der Waals surface area contributed by atoms with Crippen molar-refractivity contribution >= 4 is 34.2 Å². The summed E-state index contributed by atoms with van der Waals surface area (Å²) in [5, 5.41) is 15.0. The number of benzene rings is 1. The molecule has 0 saturated heterocycles. The minimum atomic E-state index is -0.496. The summed E-state index contributed by atoms with van der Waals surface area (Å²) in [6.45, 7) is 3.62. The van der Waals surface area contributed by atoms with E-state index >= 15 is 0 Å². The monoisotopic (exact) mass is 444 g/mol. The van der Waals surface area contributed by atoms with Gasteiger partial charge in [-0.1, -0.05) is 0 Å². The Morgan fingerprint density at radius 3 is 2.45 bits per heavy atom. The lowest BCUT2D eigenvalue weighted by molar-refractivity contribution is -0.119. The molecule has 33 heavy (non-hydrogen) atoms. The minimum Gasteiger partial charge on any atom is -0.324 e. The largest absolute Gasteiger partial charge is 0.324 e. The molecule has 0 bridgehead atoms. The molecule has 1 fully saturated rings. The Bertz CT molecular complexity index is 1340. The Kier molecular flexibility index (Phi) is 5.12. The molecule has 1 aliphatic carbocycles. The van der Waals surface area contributed by atoms with E-state index in [0.717, 1.165) is 35.3 Å². The molecule has 2 amide bonds. The van der Waals surface area contributed by atoms with Crippen molar-refractivity contribution in [1.29, 1.82) is 0 Å². The molecule has 1 saturated carbocycles. The second-order valence-corrected chi connectivity index (χ2v) is 8.35. The highest BCUT2D eigenvalue weighted by atomic mass is 16.2. The molecule has 5 rings (SSSR count). The highest BCUT2D eigenvalue weighted by Crippen LogP contribution is 2.40. The summed E-state index contributed by atoms with van der Waals surface area (Å²) in [4.78, 5) is 34.2. The van der Waals surface area contributed by atoms with Crippen molar-refractivity contribution in [2.24, 2.45) is 7.05 Å². The second kappa shape index (κ2) is 8.12. The molecule has 1 unspecified atom stereocenters. The maximum Gasteiger partial charge on any atom is 0.256 e. The van der Waals surface area contributed by atoms with E-state index < -0.39 is 6.04 Å². The van der Waals surface area contributed by atoms with Gasteiger partial charge in [0.05, 0.1) is 16.6 Å². The number of fused-ring (bicyclic) bond motifs is 1. The van der Waals surface area contributed by atoms with Crippen LogP contribution in [0.1, 0.15) is 53.5 Å². The maximum absolute atomic E-state index is 13.2. The van der Waals surface area contributed by atoms with Crippen LogP contribution in [0.5, 0.6) is 0 Å². The standard InChI is InChI=1S/C23H24N8O2/c1-13-20-18(10-19(15-4-5-15)28-21(20)30(3)29-13)23(33)27-17-8-6-16(7-9-17)26-22(32)14(2)31-12-24-11-25-31/h6-12,14-15H,4-5H2,1-3H3,(H,26,32)(H,27,33). The molecule has 0 spiro atoms. The first-order valence-electron chi connectivity index (χ1n) is 10.8. The van der Waals surface area contributed by atoms with E-state index in [1.165, 1.54) is 17.3 Å². The van der Waals surface area contributed by atoms with E-state index in [9.17, 15) is 9.59 Å². The Morgan fingerprint density at radius 1 is 1.12 bits per heavy atom. The van der Waals surface area contributed by atoms with Gasteiger partial charge in [0.2, 0.25) is 5.91 Å². The third-order valence-electron chi connectivity index (χ3n) is 5.85. The van der Waals surface area contributed by atoms with Gasteiger partial charge in [-0.3, -0.25) is 14.3 Å². The zero-order valence-corrected chi connectivity index (χ0v) is 18.6. The molecule has 4 aromatic rings. The first-order valence-corrected chi connectivity index (χ1v) is 10.8. The van der Waals surface area contributed by atoms with Gasteiger partial charge in [-0.25, -0.2) is 14.6 Å². The number of carbonyl (C=O) groups excluding carboxylic acids is 2. The number of anilines is 2. The number of pyridine rings is 1. The summed E-state index contributed by atoms with van der Waals surface area (Å²) in [5.41, 5.74) is 4.26. The number of aryl methyl sites for hydroxylation is 2. The lowest BCUT2D eigenvalue weighted by Gasteiger charge is -2.13. The molecular formula is C23H24N8O2. The van der Waals surface area contributed by atoms with Gasteiger partial charge in [0, 0.05) is 30.0 Å². The maximum atomic E-state index is 13.2. The van der Waals surface area contributed by atoms with Crippen molar-refractivity contribution in [1.82, 2.24) is 29.5 Å². The molecule has 10 heteroatoms. The number of hydrogen-bond acceptors (Lipinski definition) is 6. The third kappa shape index (κ3) is 4.07. The van der Waals surface area contributed by atoms with Crippen LogP contribution in [0.2, 0.25) is 0 Å². The summed E-state index contributed by atoms with van der Waals surface area (Å²) in [5.74, 6) is -0.00734. The minimum absolute atomic E-state index is 0.211. The van der Waals surface area contributed by atoms with Crippen LogP contribution in [0.25, 0.3) is 11.0 Å². The lowest BCUT2D eigenvalue weighted by atomic mass is 10.1. The van der Waals surface area contributed by atoms with E-state index in [1.54, 1.807) is 35.9 Å². The van der Waals surface area contributed by atoms with E-state index in [-0.39, 0.29) is 11.8 Å². The zero-order chi connectivity index (χ0) is 23.1. The summed E-state index contributed by atoms with van der Waals surface area (Å²) in [6.07, 6.45) is 5.08. The average molecular weight is 444 g/mol. The van der Waals surface area contributed by atoms with Crippen LogP contribution in [-0.2, 0) is 11.8 Å². The predicted octanol–water partition coefficient (Wildman–Crippen LogP) is 3.20. The number of nitrogens with zero attached hydrogens (tertiary/aromatic N) is 6. The summed E-state index contributed by atoms with van der Waals surface area (Å²) >= 11 is 0. The van der Waals surface area contributed by atoms with Crippen LogP contribution < -0.4 is 10.6 Å². The van der Waals surface area contributed by atoms with Gasteiger partial charge >= 0.3 is 0 Å². The number of carbonyl (C=O) groups is 2. The fourth-order valence-corrected chi connectivity index (χ4v) is 3.85. The first-order chi connectivity index (χ1) is 15.9. The topological polar surface area (TPSA) is 120 Å². The van der Waals surface area contributed by atoms with Gasteiger partial charge in [0.1, 0.15) is 18.7 Å². The fourth-order valence-electron chi connectivity index (χ4n) is 3.85. The van der Waals surface area contributed by atoms with Crippen LogP contribution >= 0.6 is 0 Å². The van der Waals surface area contributed by atoms with Crippen molar-refractivity contribution in [3.63, 3.8) is 0 Å². The van der Waals surface area contributed by atoms with Crippen LogP contribution in [0.3, 0.4) is 0 Å². The quantitative estimate of drug-likeness (QED) is 0.471. The van der Waals surface area contributed by atoms with Gasteiger partial charge in [0.25, 0.3) is 5.91 Å². The Balaban J connectivity index is 1.33. The van der Waals surface area contributed by atoms with Crippen molar-refractivity contribution in [2.75, 3.05) is 10.6 Å². The molecule has 1 aromatic carbocycles. The number of rotatable bonds is 6. The Hall–Kier alpha value is -4.08. The molecule has 168 valence electrons. The van der Waals surface area contributed by atoms with E-state index in [2.05, 4.69) is 25.8 Å². The van der Waals surface area contributed by atoms with Gasteiger partial charge in [-0.2, -0.15) is 10.2 Å². The fraction of sp³-hybridized carbons (Fsp3) is 0.304. The van der Waals surface area contributed by atoms with E-state index in [1.807, 2.05) is 20.0 Å². The molecule has 1 aliphatic rings. The summed E-state index contributed by atoms with van der Waals surface area (Å²) in [6, 6.07) is 8.39. The smallest absolute Gasteiger partial charge is 0.256 e. The SMILES string of the molecule is Cc1nn(C)c2nc(C3CC3)cc(C(=O)Nc3ccc(NC(=O)C(C)n4cncn4)cc3)c12. The second-order valence-electron chi connectivity index (χ2n) is 8.35. The first kappa shape index (κ1) is 20.8. The summed E-state index contributed by atoms with van der Waals surface area (Å²) < 4.78 is 3.21. The summed E-state index contributed by atoms with van der Waals surface area (Å²) in [7, 11) is 1.84. The van der Waals surface area contributed by atoms with Crippen molar-refractivity contribution in [3.8, 4) is 0 Å². The molecule has 10 nitrogen and oxygen atoms in total. The van der Waals surface area contributed by atoms with Crippen LogP contribution in [0, 0.1) is 6.92 Å². The lowest BCUT2D eigenvalue weighted by Crippen LogP contribution is -2.24. The van der Waals surface area contributed by atoms with Crippen molar-refractivity contribution < 1.29 is 9.59 Å². The van der Waals surface area contributed by atoms with Crippen LogP contribution in [0.15, 0.2) is 43.0 Å². The van der Waals surface area contributed by atoms with Gasteiger partial charge < -0.3 is 10.6 Å². The Labute approximate surface area is 190 Å². The number of hydrogen-bond donors (Lipinski definition) is 2. The molecule has 3 heterocycles. The third-order valence-corrected chi connectivity index (χ3v) is 5.85. The van der Waals surface area contributed by atoms with Gasteiger partial charge in [0.15, 0.2) is 5.65 Å². The van der Waals surface area contributed by atoms with Crippen LogP contribution in [0.4, 0.5) is 11.4 Å². The molecule has 0 aliphatic heterocycles. The van der Waals surface area contributed by atoms with E-state index in [0.29, 0.717) is 22.9 Å². The number of nitrogens with one attached hydrogen (secondary N) is 2. The molecular weight excluding hydrogens is 420 g/mol. The highest BCUT2D eigenvalue weighted by Gasteiger charge is 2.28. The predicted molar refractivity (Wildman–Crippen MR) is 123 cm³/mol. The van der Waals surface area contributed by atoms with Crippen molar-refractivity contribution in [3.05, 3.63) is 59.9 Å². The molecule has 3 aromatic heterocycles. The molecule has 2 N–H and O–H groups in total. The Morgan fingerprint density at radius 2 is 1.82 bits per heavy atom. The van der Waals surface area contributed by atoms with Gasteiger partial charge in [-0.05, 0) is 57.0 Å². The number of amides is 2.